The zero-order valence-electron chi connectivity index (χ0n) is 7.96. The third-order valence-corrected chi connectivity index (χ3v) is 1.94. The molecule has 14 heavy (non-hydrogen) atoms. The maximum atomic E-state index is 4.22. The van der Waals surface area contributed by atoms with Crippen molar-refractivity contribution in [3.8, 4) is 11.8 Å². The van der Waals surface area contributed by atoms with Crippen LogP contribution >= 0.6 is 0 Å². The Labute approximate surface area is 82.6 Å². The number of aromatic nitrogens is 2. The monoisotopic (exact) mass is 185 g/mol. The SMILES string of the molecule is CNCC#Cc1cccc2[nH]cnc12. The zero-order valence-corrected chi connectivity index (χ0v) is 7.96. The van der Waals surface area contributed by atoms with Crippen molar-refractivity contribution in [3.63, 3.8) is 0 Å². The summed E-state index contributed by atoms with van der Waals surface area (Å²) in [6, 6.07) is 5.95. The van der Waals surface area contributed by atoms with Gasteiger partial charge in [-0.15, -0.1) is 0 Å². The van der Waals surface area contributed by atoms with Crippen LogP contribution < -0.4 is 5.32 Å². The summed E-state index contributed by atoms with van der Waals surface area (Å²) >= 11 is 0. The molecule has 2 N–H and O–H groups in total. The fourth-order valence-electron chi connectivity index (χ4n) is 1.29. The third-order valence-electron chi connectivity index (χ3n) is 1.94. The van der Waals surface area contributed by atoms with Gasteiger partial charge in [0.05, 0.1) is 24.0 Å². The Morgan fingerprint density at radius 3 is 3.29 bits per heavy atom. The second kappa shape index (κ2) is 3.95. The van der Waals surface area contributed by atoms with Crippen molar-refractivity contribution in [3.05, 3.63) is 30.1 Å². The number of nitrogens with zero attached hydrogens (tertiary/aromatic N) is 1. The van der Waals surface area contributed by atoms with E-state index in [1.54, 1.807) is 6.33 Å². The standard InChI is InChI=1S/C11H11N3/c1-12-7-3-5-9-4-2-6-10-11(9)14-8-13-10/h2,4,6,8,12H,7H2,1H3,(H,13,14). The molecular formula is C11H11N3. The van der Waals surface area contributed by atoms with E-state index in [0.29, 0.717) is 6.54 Å². The van der Waals surface area contributed by atoms with Crippen molar-refractivity contribution in [2.75, 3.05) is 13.6 Å². The van der Waals surface area contributed by atoms with Gasteiger partial charge in [0.1, 0.15) is 5.52 Å². The molecule has 0 radical (unpaired) electrons. The van der Waals surface area contributed by atoms with Crippen LogP contribution in [0.15, 0.2) is 24.5 Å². The lowest BCUT2D eigenvalue weighted by Gasteiger charge is -1.91. The van der Waals surface area contributed by atoms with E-state index in [4.69, 9.17) is 0 Å². The second-order valence-corrected chi connectivity index (χ2v) is 2.94. The number of benzene rings is 1. The highest BCUT2D eigenvalue weighted by atomic mass is 14.9. The first-order valence-corrected chi connectivity index (χ1v) is 4.47. The molecule has 0 amide bonds. The Morgan fingerprint density at radius 1 is 1.50 bits per heavy atom. The van der Waals surface area contributed by atoms with Crippen LogP contribution in [-0.4, -0.2) is 23.6 Å². The summed E-state index contributed by atoms with van der Waals surface area (Å²) in [6.07, 6.45) is 1.69. The molecule has 3 heteroatoms. The molecule has 0 spiro atoms. The topological polar surface area (TPSA) is 40.7 Å². The highest BCUT2D eigenvalue weighted by molar-refractivity contribution is 5.81. The van der Waals surface area contributed by atoms with Gasteiger partial charge in [0.2, 0.25) is 0 Å². The molecule has 1 heterocycles. The molecule has 2 rings (SSSR count). The van der Waals surface area contributed by atoms with Gasteiger partial charge in [0, 0.05) is 0 Å². The fraction of sp³-hybridized carbons (Fsp3) is 0.182. The quantitative estimate of drug-likeness (QED) is 0.654. The van der Waals surface area contributed by atoms with Gasteiger partial charge in [-0.3, -0.25) is 0 Å². The lowest BCUT2D eigenvalue weighted by atomic mass is 10.2. The number of para-hydroxylation sites is 1. The molecule has 0 fully saturated rings. The maximum absolute atomic E-state index is 4.22. The van der Waals surface area contributed by atoms with Gasteiger partial charge in [0.25, 0.3) is 0 Å². The van der Waals surface area contributed by atoms with Crippen molar-refractivity contribution >= 4 is 11.0 Å². The lowest BCUT2D eigenvalue weighted by molar-refractivity contribution is 0.938. The van der Waals surface area contributed by atoms with Gasteiger partial charge in [-0.25, -0.2) is 4.98 Å². The number of aromatic amines is 1. The van der Waals surface area contributed by atoms with Crippen LogP contribution in [0.25, 0.3) is 11.0 Å². The summed E-state index contributed by atoms with van der Waals surface area (Å²) in [5.74, 6) is 6.10. The summed E-state index contributed by atoms with van der Waals surface area (Å²) in [4.78, 5) is 7.27. The average Bonchev–Trinajstić information content (AvgIpc) is 2.67. The number of nitrogens with one attached hydrogen (secondary N) is 2. The summed E-state index contributed by atoms with van der Waals surface area (Å²) in [5.41, 5.74) is 2.94. The van der Waals surface area contributed by atoms with Gasteiger partial charge < -0.3 is 10.3 Å². The molecule has 70 valence electrons. The molecule has 0 bridgehead atoms. The van der Waals surface area contributed by atoms with E-state index < -0.39 is 0 Å². The third kappa shape index (κ3) is 1.61. The highest BCUT2D eigenvalue weighted by Crippen LogP contribution is 2.12. The van der Waals surface area contributed by atoms with Crippen LogP contribution in [0.1, 0.15) is 5.56 Å². The molecular weight excluding hydrogens is 174 g/mol. The van der Waals surface area contributed by atoms with Crippen molar-refractivity contribution in [2.45, 2.75) is 0 Å². The Morgan fingerprint density at radius 2 is 2.43 bits per heavy atom. The van der Waals surface area contributed by atoms with Gasteiger partial charge in [-0.05, 0) is 19.2 Å². The Balaban J connectivity index is 2.43. The predicted molar refractivity (Wildman–Crippen MR) is 56.9 cm³/mol. The molecule has 0 saturated heterocycles. The Kier molecular flexibility index (Phi) is 2.48. The summed E-state index contributed by atoms with van der Waals surface area (Å²) in [6.45, 7) is 0.695. The molecule has 1 aromatic heterocycles. The molecule has 0 saturated carbocycles. The predicted octanol–water partition coefficient (Wildman–Crippen LogP) is 1.13. The van der Waals surface area contributed by atoms with Gasteiger partial charge in [0.15, 0.2) is 0 Å². The molecule has 0 aliphatic heterocycles. The van der Waals surface area contributed by atoms with Crippen molar-refractivity contribution < 1.29 is 0 Å². The van der Waals surface area contributed by atoms with E-state index in [0.717, 1.165) is 16.6 Å². The molecule has 3 nitrogen and oxygen atoms in total. The maximum Gasteiger partial charge on any atom is 0.104 e. The van der Waals surface area contributed by atoms with Gasteiger partial charge >= 0.3 is 0 Å². The first-order chi connectivity index (χ1) is 6.92. The highest BCUT2D eigenvalue weighted by Gasteiger charge is 1.98. The van der Waals surface area contributed by atoms with Crippen LogP contribution in [0.2, 0.25) is 0 Å². The lowest BCUT2D eigenvalue weighted by Crippen LogP contribution is -2.04. The number of hydrogen-bond acceptors (Lipinski definition) is 2. The summed E-state index contributed by atoms with van der Waals surface area (Å²) in [7, 11) is 1.88. The first kappa shape index (κ1) is 8.79. The average molecular weight is 185 g/mol. The van der Waals surface area contributed by atoms with Crippen LogP contribution in [-0.2, 0) is 0 Å². The van der Waals surface area contributed by atoms with Gasteiger partial charge in [-0.2, -0.15) is 0 Å². The van der Waals surface area contributed by atoms with E-state index in [2.05, 4.69) is 27.1 Å². The zero-order chi connectivity index (χ0) is 9.80. The molecule has 0 unspecified atom stereocenters. The molecule has 0 atom stereocenters. The fourth-order valence-corrected chi connectivity index (χ4v) is 1.29. The molecule has 0 aliphatic carbocycles. The number of imidazole rings is 1. The number of fused-ring (bicyclic) bond motifs is 1. The molecule has 2 aromatic rings. The van der Waals surface area contributed by atoms with Crippen molar-refractivity contribution in [1.29, 1.82) is 0 Å². The van der Waals surface area contributed by atoms with E-state index >= 15 is 0 Å². The number of H-pyrrole nitrogens is 1. The largest absolute Gasteiger partial charge is 0.345 e. The van der Waals surface area contributed by atoms with Crippen LogP contribution in [0.5, 0.6) is 0 Å². The molecule has 0 aliphatic rings. The smallest absolute Gasteiger partial charge is 0.104 e. The van der Waals surface area contributed by atoms with E-state index in [-0.39, 0.29) is 0 Å². The number of rotatable bonds is 1. The summed E-state index contributed by atoms with van der Waals surface area (Å²) in [5, 5.41) is 2.98. The van der Waals surface area contributed by atoms with Crippen LogP contribution in [0.3, 0.4) is 0 Å². The van der Waals surface area contributed by atoms with Crippen LogP contribution in [0, 0.1) is 11.8 Å². The van der Waals surface area contributed by atoms with E-state index in [9.17, 15) is 0 Å². The normalized spacial score (nSPS) is 9.79. The van der Waals surface area contributed by atoms with Crippen LogP contribution in [0.4, 0.5) is 0 Å². The van der Waals surface area contributed by atoms with E-state index in [1.807, 2.05) is 25.2 Å². The minimum Gasteiger partial charge on any atom is -0.345 e. The first-order valence-electron chi connectivity index (χ1n) is 4.47. The Hall–Kier alpha value is -1.79. The summed E-state index contributed by atoms with van der Waals surface area (Å²) < 4.78 is 0. The number of hydrogen-bond donors (Lipinski definition) is 2. The van der Waals surface area contributed by atoms with Crippen molar-refractivity contribution in [2.24, 2.45) is 0 Å². The minimum atomic E-state index is 0.695. The van der Waals surface area contributed by atoms with Crippen molar-refractivity contribution in [1.82, 2.24) is 15.3 Å². The second-order valence-electron chi connectivity index (χ2n) is 2.94. The minimum absolute atomic E-state index is 0.695. The molecule has 1 aromatic carbocycles. The Bertz CT molecular complexity index is 488. The van der Waals surface area contributed by atoms with Gasteiger partial charge in [-0.1, -0.05) is 17.9 Å². The van der Waals surface area contributed by atoms with E-state index in [1.165, 1.54) is 0 Å².